The molecular weight excluding hydrogens is 448 g/mol. The van der Waals surface area contributed by atoms with Crippen molar-refractivity contribution in [2.24, 2.45) is 5.73 Å². The lowest BCUT2D eigenvalue weighted by Crippen LogP contribution is -2.53. The number of urea groups is 1. The quantitative estimate of drug-likeness (QED) is 0.120. The highest BCUT2D eigenvalue weighted by Gasteiger charge is 2.42. The maximum absolute atomic E-state index is 12.6. The Kier molecular flexibility index (Phi) is 11.0. The lowest BCUT2D eigenvalue weighted by molar-refractivity contribution is -0.135. The molecular formula is C21H38N6O5S. The van der Waals surface area contributed by atoms with Crippen LogP contribution in [0.1, 0.15) is 58.3 Å². The first-order chi connectivity index (χ1) is 15.7. The minimum absolute atomic E-state index is 0.0890. The van der Waals surface area contributed by atoms with Gasteiger partial charge in [0.25, 0.3) is 0 Å². The van der Waals surface area contributed by atoms with Crippen LogP contribution in [0, 0.1) is 0 Å². The van der Waals surface area contributed by atoms with E-state index in [1.54, 1.807) is 7.05 Å². The van der Waals surface area contributed by atoms with Crippen molar-refractivity contribution < 1.29 is 24.3 Å². The molecule has 0 aromatic heterocycles. The number of likely N-dealkylation sites (N-methyl/N-ethyl adjacent to an activating group) is 1. The fourth-order valence-corrected chi connectivity index (χ4v) is 5.77. The summed E-state index contributed by atoms with van der Waals surface area (Å²) in [5.41, 5.74) is 6.01. The Balaban J connectivity index is 1.64. The summed E-state index contributed by atoms with van der Waals surface area (Å²) in [6, 6.07) is -0.391. The molecule has 2 saturated heterocycles. The van der Waals surface area contributed by atoms with E-state index in [0.717, 1.165) is 25.0 Å². The summed E-state index contributed by atoms with van der Waals surface area (Å²) in [5, 5.41) is 20.1. The molecule has 2 fully saturated rings. The number of rotatable bonds is 14. The van der Waals surface area contributed by atoms with E-state index >= 15 is 0 Å². The predicted octanol–water partition coefficient (Wildman–Crippen LogP) is 0.788. The van der Waals surface area contributed by atoms with Gasteiger partial charge < -0.3 is 37.0 Å². The Bertz CT molecular complexity index is 696. The Hall–Kier alpha value is -2.21. The molecule has 5 atom stereocenters. The van der Waals surface area contributed by atoms with E-state index in [-0.39, 0.29) is 29.9 Å². The minimum Gasteiger partial charge on any atom is -0.465 e. The fourth-order valence-electron chi connectivity index (χ4n) is 4.23. The summed E-state index contributed by atoms with van der Waals surface area (Å²) in [5.74, 6) is 0.588. The van der Waals surface area contributed by atoms with Gasteiger partial charge in [-0.15, -0.1) is 0 Å². The minimum atomic E-state index is -1.07. The summed E-state index contributed by atoms with van der Waals surface area (Å²) in [4.78, 5) is 48.4. The highest BCUT2D eigenvalue weighted by molar-refractivity contribution is 8.00. The molecule has 1 unspecified atom stereocenters. The molecule has 0 saturated carbocycles. The zero-order valence-corrected chi connectivity index (χ0v) is 20.3. The first kappa shape index (κ1) is 27.0. The SMILES string of the molecule is CCC(NC(=O)CCCC[C@H]1SC[C@H]2NC(=O)N[C@H]21)N(C)C(=O)[C@@H](N)CCCCNC(=O)O. The number of hydrogen-bond acceptors (Lipinski definition) is 6. The van der Waals surface area contributed by atoms with Gasteiger partial charge in [-0.05, 0) is 38.5 Å². The Morgan fingerprint density at radius 1 is 1.24 bits per heavy atom. The average Bonchev–Trinajstić information content (AvgIpc) is 3.32. The number of carboxylic acid groups (broad SMARTS) is 1. The van der Waals surface area contributed by atoms with Crippen LogP contribution in [-0.2, 0) is 9.59 Å². The van der Waals surface area contributed by atoms with E-state index in [0.29, 0.717) is 43.9 Å². The summed E-state index contributed by atoms with van der Waals surface area (Å²) in [6.07, 6.45) is 3.75. The van der Waals surface area contributed by atoms with E-state index in [2.05, 4.69) is 21.3 Å². The molecule has 2 heterocycles. The molecule has 0 bridgehead atoms. The Morgan fingerprint density at radius 3 is 2.70 bits per heavy atom. The summed E-state index contributed by atoms with van der Waals surface area (Å²) in [7, 11) is 1.64. The molecule has 11 nitrogen and oxygen atoms in total. The molecule has 2 rings (SSSR count). The van der Waals surface area contributed by atoms with Crippen molar-refractivity contribution in [2.45, 2.75) is 87.8 Å². The van der Waals surface area contributed by atoms with Crippen LogP contribution in [0.4, 0.5) is 9.59 Å². The van der Waals surface area contributed by atoms with Gasteiger partial charge >= 0.3 is 12.1 Å². The highest BCUT2D eigenvalue weighted by Crippen LogP contribution is 2.33. The van der Waals surface area contributed by atoms with E-state index in [1.165, 1.54) is 4.90 Å². The number of nitrogens with zero attached hydrogens (tertiary/aromatic N) is 1. The van der Waals surface area contributed by atoms with Crippen LogP contribution in [0.3, 0.4) is 0 Å². The van der Waals surface area contributed by atoms with Crippen LogP contribution >= 0.6 is 11.8 Å². The molecule has 7 N–H and O–H groups in total. The number of nitrogens with two attached hydrogens (primary N) is 1. The maximum atomic E-state index is 12.6. The second-order valence-electron chi connectivity index (χ2n) is 8.64. The third kappa shape index (κ3) is 8.58. The van der Waals surface area contributed by atoms with E-state index in [4.69, 9.17) is 10.8 Å². The molecule has 33 heavy (non-hydrogen) atoms. The highest BCUT2D eigenvalue weighted by atomic mass is 32.2. The molecule has 0 aromatic carbocycles. The van der Waals surface area contributed by atoms with Gasteiger partial charge in [0, 0.05) is 31.0 Å². The normalized spacial score (nSPS) is 23.1. The third-order valence-corrected chi connectivity index (χ3v) is 7.65. The number of carbonyl (C=O) groups excluding carboxylic acids is 3. The molecule has 2 aliphatic rings. The average molecular weight is 487 g/mol. The largest absolute Gasteiger partial charge is 0.465 e. The Labute approximate surface area is 199 Å². The van der Waals surface area contributed by atoms with Gasteiger partial charge in [0.1, 0.15) is 6.17 Å². The van der Waals surface area contributed by atoms with Crippen molar-refractivity contribution in [3.8, 4) is 0 Å². The van der Waals surface area contributed by atoms with Crippen LogP contribution < -0.4 is 27.0 Å². The lowest BCUT2D eigenvalue weighted by Gasteiger charge is -2.30. The number of thioether (sulfide) groups is 1. The first-order valence-corrected chi connectivity index (χ1v) is 12.7. The third-order valence-electron chi connectivity index (χ3n) is 6.15. The Morgan fingerprint density at radius 2 is 2.00 bits per heavy atom. The van der Waals surface area contributed by atoms with Crippen molar-refractivity contribution in [1.29, 1.82) is 0 Å². The van der Waals surface area contributed by atoms with E-state index < -0.39 is 18.3 Å². The molecule has 2 aliphatic heterocycles. The maximum Gasteiger partial charge on any atom is 0.404 e. The lowest BCUT2D eigenvalue weighted by atomic mass is 10.0. The second-order valence-corrected chi connectivity index (χ2v) is 9.91. The van der Waals surface area contributed by atoms with Crippen molar-refractivity contribution in [3.05, 3.63) is 0 Å². The van der Waals surface area contributed by atoms with Crippen molar-refractivity contribution in [2.75, 3.05) is 19.3 Å². The second kappa shape index (κ2) is 13.5. The smallest absolute Gasteiger partial charge is 0.404 e. The van der Waals surface area contributed by atoms with Crippen molar-refractivity contribution in [1.82, 2.24) is 26.2 Å². The van der Waals surface area contributed by atoms with Gasteiger partial charge in [-0.25, -0.2) is 9.59 Å². The number of hydrogen-bond donors (Lipinski definition) is 6. The summed E-state index contributed by atoms with van der Waals surface area (Å²) in [6.45, 7) is 2.22. The number of carbonyl (C=O) groups is 4. The first-order valence-electron chi connectivity index (χ1n) is 11.7. The predicted molar refractivity (Wildman–Crippen MR) is 127 cm³/mol. The molecule has 0 radical (unpaired) electrons. The topological polar surface area (TPSA) is 166 Å². The zero-order chi connectivity index (χ0) is 24.4. The molecule has 0 aromatic rings. The van der Waals surface area contributed by atoms with Gasteiger partial charge in [0.2, 0.25) is 11.8 Å². The van der Waals surface area contributed by atoms with Crippen LogP contribution in [-0.4, -0.2) is 82.8 Å². The van der Waals surface area contributed by atoms with Gasteiger partial charge in [-0.3, -0.25) is 9.59 Å². The monoisotopic (exact) mass is 486 g/mol. The number of unbranched alkanes of at least 4 members (excludes halogenated alkanes) is 2. The molecule has 188 valence electrons. The summed E-state index contributed by atoms with van der Waals surface area (Å²) < 4.78 is 0. The van der Waals surface area contributed by atoms with E-state index in [1.807, 2.05) is 18.7 Å². The number of amides is 5. The van der Waals surface area contributed by atoms with Crippen LogP contribution in [0.25, 0.3) is 0 Å². The van der Waals surface area contributed by atoms with Gasteiger partial charge in [0.15, 0.2) is 0 Å². The molecule has 5 amide bonds. The standard InChI is InChI=1S/C21H38N6O5S/c1-3-16(27(2)19(29)13(22)8-6-7-11-23-21(31)32)25-17(28)10-5-4-9-15-18-14(12-33-15)24-20(30)26-18/h13-16,18,23H,3-12,22H2,1-2H3,(H,25,28)(H,31,32)(H2,24,26,30)/t13-,14+,15+,16?,18+/m0/s1. The number of nitrogens with one attached hydrogen (secondary N) is 4. The van der Waals surface area contributed by atoms with Crippen LogP contribution in [0.15, 0.2) is 0 Å². The zero-order valence-electron chi connectivity index (χ0n) is 19.5. The van der Waals surface area contributed by atoms with Gasteiger partial charge in [-0.1, -0.05) is 13.3 Å². The molecule has 0 aliphatic carbocycles. The van der Waals surface area contributed by atoms with Gasteiger partial charge in [0.05, 0.1) is 18.1 Å². The fraction of sp³-hybridized carbons (Fsp3) is 0.810. The van der Waals surface area contributed by atoms with Crippen molar-refractivity contribution in [3.63, 3.8) is 0 Å². The van der Waals surface area contributed by atoms with Gasteiger partial charge in [-0.2, -0.15) is 11.8 Å². The number of fused-ring (bicyclic) bond motifs is 1. The van der Waals surface area contributed by atoms with E-state index in [9.17, 15) is 19.2 Å². The summed E-state index contributed by atoms with van der Waals surface area (Å²) >= 11 is 1.87. The van der Waals surface area contributed by atoms with Crippen LogP contribution in [0.5, 0.6) is 0 Å². The molecule has 0 spiro atoms. The van der Waals surface area contributed by atoms with Crippen LogP contribution in [0.2, 0.25) is 0 Å². The molecule has 12 heteroatoms. The van der Waals surface area contributed by atoms with Crippen molar-refractivity contribution >= 4 is 35.7 Å².